The van der Waals surface area contributed by atoms with Crippen LogP contribution < -0.4 is 9.64 Å². The lowest BCUT2D eigenvalue weighted by Gasteiger charge is -2.26. The Labute approximate surface area is 130 Å². The number of anilines is 1. The molecule has 4 nitrogen and oxygen atoms in total. The van der Waals surface area contributed by atoms with Gasteiger partial charge in [0.2, 0.25) is 0 Å². The Hall–Kier alpha value is -1.11. The van der Waals surface area contributed by atoms with E-state index < -0.39 is 0 Å². The summed E-state index contributed by atoms with van der Waals surface area (Å²) in [7, 11) is 1.67. The SMILES string of the molecule is COc1ccc(-c2csc(N3CCOCC3)n2)cc1Br. The van der Waals surface area contributed by atoms with Crippen molar-refractivity contribution in [3.8, 4) is 17.0 Å². The Bertz CT molecular complexity index is 597. The maximum absolute atomic E-state index is 5.37. The molecule has 1 aliphatic heterocycles. The Balaban J connectivity index is 1.84. The Morgan fingerprint density at radius 2 is 2.15 bits per heavy atom. The minimum absolute atomic E-state index is 0.781. The minimum Gasteiger partial charge on any atom is -0.496 e. The van der Waals surface area contributed by atoms with Crippen LogP contribution in [0.25, 0.3) is 11.3 Å². The largest absolute Gasteiger partial charge is 0.496 e. The lowest BCUT2D eigenvalue weighted by Crippen LogP contribution is -2.36. The van der Waals surface area contributed by atoms with E-state index in [4.69, 9.17) is 14.5 Å². The first-order chi connectivity index (χ1) is 9.78. The Morgan fingerprint density at radius 3 is 2.85 bits per heavy atom. The number of morpholine rings is 1. The van der Waals surface area contributed by atoms with Crippen LogP contribution in [0.1, 0.15) is 0 Å². The van der Waals surface area contributed by atoms with Crippen LogP contribution in [0.3, 0.4) is 0 Å². The van der Waals surface area contributed by atoms with Gasteiger partial charge in [-0.15, -0.1) is 11.3 Å². The molecule has 1 aliphatic rings. The van der Waals surface area contributed by atoms with Crippen LogP contribution in [0.15, 0.2) is 28.1 Å². The topological polar surface area (TPSA) is 34.6 Å². The molecule has 106 valence electrons. The summed E-state index contributed by atoms with van der Waals surface area (Å²) >= 11 is 5.19. The first kappa shape index (κ1) is 13.9. The van der Waals surface area contributed by atoms with Crippen molar-refractivity contribution in [2.24, 2.45) is 0 Å². The van der Waals surface area contributed by atoms with Gasteiger partial charge in [-0.1, -0.05) is 0 Å². The van der Waals surface area contributed by atoms with E-state index in [0.717, 1.165) is 52.9 Å². The fourth-order valence-electron chi connectivity index (χ4n) is 2.12. The molecule has 0 bridgehead atoms. The highest BCUT2D eigenvalue weighted by molar-refractivity contribution is 9.10. The van der Waals surface area contributed by atoms with Crippen LogP contribution >= 0.6 is 27.3 Å². The fraction of sp³-hybridized carbons (Fsp3) is 0.357. The highest BCUT2D eigenvalue weighted by Crippen LogP contribution is 2.33. The number of hydrogen-bond acceptors (Lipinski definition) is 5. The van der Waals surface area contributed by atoms with Crippen LogP contribution in [0.2, 0.25) is 0 Å². The van der Waals surface area contributed by atoms with Crippen LogP contribution in [0.5, 0.6) is 5.75 Å². The second-order valence-electron chi connectivity index (χ2n) is 4.46. The van der Waals surface area contributed by atoms with Gasteiger partial charge in [0.05, 0.1) is 30.5 Å². The van der Waals surface area contributed by atoms with E-state index in [9.17, 15) is 0 Å². The average molecular weight is 355 g/mol. The van der Waals surface area contributed by atoms with E-state index in [1.807, 2.05) is 18.2 Å². The van der Waals surface area contributed by atoms with Crippen LogP contribution in [-0.4, -0.2) is 38.4 Å². The molecule has 0 aliphatic carbocycles. The molecular formula is C14H15BrN2O2S. The third-order valence-electron chi connectivity index (χ3n) is 3.22. The molecule has 2 heterocycles. The van der Waals surface area contributed by atoms with Gasteiger partial charge in [-0.3, -0.25) is 0 Å². The van der Waals surface area contributed by atoms with Gasteiger partial charge in [-0.2, -0.15) is 0 Å². The second kappa shape index (κ2) is 6.11. The first-order valence-electron chi connectivity index (χ1n) is 6.40. The third-order valence-corrected chi connectivity index (χ3v) is 4.74. The minimum atomic E-state index is 0.781. The summed E-state index contributed by atoms with van der Waals surface area (Å²) in [6.45, 7) is 3.39. The molecule has 2 aromatic rings. The molecule has 1 saturated heterocycles. The number of thiazole rings is 1. The van der Waals surface area contributed by atoms with Crippen molar-refractivity contribution in [3.63, 3.8) is 0 Å². The smallest absolute Gasteiger partial charge is 0.186 e. The zero-order valence-electron chi connectivity index (χ0n) is 11.1. The predicted octanol–water partition coefficient (Wildman–Crippen LogP) is 3.42. The summed E-state index contributed by atoms with van der Waals surface area (Å²) in [5.41, 5.74) is 2.09. The zero-order chi connectivity index (χ0) is 13.9. The van der Waals surface area contributed by atoms with E-state index in [2.05, 4.69) is 26.2 Å². The quantitative estimate of drug-likeness (QED) is 0.845. The molecule has 6 heteroatoms. The van der Waals surface area contributed by atoms with Gasteiger partial charge in [0.25, 0.3) is 0 Å². The summed E-state index contributed by atoms with van der Waals surface area (Å²) in [5.74, 6) is 0.831. The number of ether oxygens (including phenoxy) is 2. The summed E-state index contributed by atoms with van der Waals surface area (Å²) in [6, 6.07) is 6.02. The standard InChI is InChI=1S/C14H15BrN2O2S/c1-18-13-3-2-10(8-11(13)15)12-9-20-14(16-12)17-4-6-19-7-5-17/h2-3,8-9H,4-7H2,1H3. The van der Waals surface area contributed by atoms with Gasteiger partial charge in [-0.05, 0) is 34.1 Å². The van der Waals surface area contributed by atoms with Crippen molar-refractivity contribution in [1.82, 2.24) is 4.98 Å². The summed E-state index contributed by atoms with van der Waals surface area (Å²) in [6.07, 6.45) is 0. The molecule has 1 fully saturated rings. The zero-order valence-corrected chi connectivity index (χ0v) is 13.5. The molecule has 0 amide bonds. The highest BCUT2D eigenvalue weighted by atomic mass is 79.9. The molecule has 20 heavy (non-hydrogen) atoms. The van der Waals surface area contributed by atoms with Gasteiger partial charge in [0.1, 0.15) is 5.75 Å². The van der Waals surface area contributed by atoms with E-state index in [-0.39, 0.29) is 0 Å². The van der Waals surface area contributed by atoms with Gasteiger partial charge >= 0.3 is 0 Å². The van der Waals surface area contributed by atoms with Crippen molar-refractivity contribution in [2.45, 2.75) is 0 Å². The average Bonchev–Trinajstić information content (AvgIpc) is 2.98. The van der Waals surface area contributed by atoms with Crippen LogP contribution in [0, 0.1) is 0 Å². The van der Waals surface area contributed by atoms with Crippen molar-refractivity contribution in [3.05, 3.63) is 28.1 Å². The molecule has 1 aromatic heterocycles. The van der Waals surface area contributed by atoms with Gasteiger partial charge in [0.15, 0.2) is 5.13 Å². The molecule has 0 N–H and O–H groups in total. The van der Waals surface area contributed by atoms with E-state index in [1.165, 1.54) is 0 Å². The number of rotatable bonds is 3. The van der Waals surface area contributed by atoms with Crippen molar-refractivity contribution in [2.75, 3.05) is 38.3 Å². The predicted molar refractivity (Wildman–Crippen MR) is 84.8 cm³/mol. The van der Waals surface area contributed by atoms with E-state index in [0.29, 0.717) is 0 Å². The monoisotopic (exact) mass is 354 g/mol. The second-order valence-corrected chi connectivity index (χ2v) is 6.15. The van der Waals surface area contributed by atoms with Crippen LogP contribution in [-0.2, 0) is 4.74 Å². The maximum atomic E-state index is 5.37. The van der Waals surface area contributed by atoms with Crippen molar-refractivity contribution in [1.29, 1.82) is 0 Å². The third kappa shape index (κ3) is 2.82. The van der Waals surface area contributed by atoms with Gasteiger partial charge < -0.3 is 14.4 Å². The molecule has 1 aromatic carbocycles. The van der Waals surface area contributed by atoms with Gasteiger partial charge in [-0.25, -0.2) is 4.98 Å². The maximum Gasteiger partial charge on any atom is 0.186 e. The van der Waals surface area contributed by atoms with Gasteiger partial charge in [0, 0.05) is 24.0 Å². The Kier molecular flexibility index (Phi) is 4.24. The lowest BCUT2D eigenvalue weighted by molar-refractivity contribution is 0.122. The number of aromatic nitrogens is 1. The van der Waals surface area contributed by atoms with Crippen LogP contribution in [0.4, 0.5) is 5.13 Å². The number of nitrogens with zero attached hydrogens (tertiary/aromatic N) is 2. The molecule has 0 unspecified atom stereocenters. The van der Waals surface area contributed by atoms with Crippen molar-refractivity contribution >= 4 is 32.4 Å². The Morgan fingerprint density at radius 1 is 1.35 bits per heavy atom. The normalized spacial score (nSPS) is 15.4. The fourth-order valence-corrected chi connectivity index (χ4v) is 3.55. The summed E-state index contributed by atoms with van der Waals surface area (Å²) in [4.78, 5) is 7.00. The molecular weight excluding hydrogens is 340 g/mol. The number of benzene rings is 1. The van der Waals surface area contributed by atoms with Crippen molar-refractivity contribution < 1.29 is 9.47 Å². The summed E-state index contributed by atoms with van der Waals surface area (Å²) in [5, 5.41) is 3.16. The molecule has 0 spiro atoms. The highest BCUT2D eigenvalue weighted by Gasteiger charge is 2.15. The molecule has 0 saturated carbocycles. The number of halogens is 1. The molecule has 0 radical (unpaired) electrons. The molecule has 0 atom stereocenters. The van der Waals surface area contributed by atoms with E-state index in [1.54, 1.807) is 18.4 Å². The molecule has 3 rings (SSSR count). The number of methoxy groups -OCH3 is 1. The lowest BCUT2D eigenvalue weighted by atomic mass is 10.2. The number of hydrogen-bond donors (Lipinski definition) is 0. The first-order valence-corrected chi connectivity index (χ1v) is 8.07. The summed E-state index contributed by atoms with van der Waals surface area (Å²) < 4.78 is 11.6. The van der Waals surface area contributed by atoms with E-state index >= 15 is 0 Å².